The first-order valence-electron chi connectivity index (χ1n) is 8.96. The molecule has 0 aliphatic carbocycles. The van der Waals surface area contributed by atoms with Gasteiger partial charge in [-0.05, 0) is 38.3 Å². The molecule has 1 aliphatic heterocycles. The summed E-state index contributed by atoms with van der Waals surface area (Å²) in [6.07, 6.45) is 4.30. The van der Waals surface area contributed by atoms with Gasteiger partial charge in [0.05, 0.1) is 11.3 Å². The zero-order valence-corrected chi connectivity index (χ0v) is 15.6. The van der Waals surface area contributed by atoms with Crippen molar-refractivity contribution in [3.05, 3.63) is 29.8 Å². The first kappa shape index (κ1) is 18.8. The molecule has 0 unspecified atom stereocenters. The molecule has 1 heterocycles. The molecular formula is C19H28N2O2S. The van der Waals surface area contributed by atoms with E-state index in [0.29, 0.717) is 12.3 Å². The number of unbranched alkanes of at least 4 members (excludes halogenated alkanes) is 1. The molecule has 0 N–H and O–H groups in total. The molecule has 1 aromatic carbocycles. The number of thioether (sulfide) groups is 1. The second-order valence-electron chi connectivity index (χ2n) is 6.11. The van der Waals surface area contributed by atoms with E-state index in [4.69, 9.17) is 0 Å². The van der Waals surface area contributed by atoms with Crippen LogP contribution in [0.1, 0.15) is 49.9 Å². The Morgan fingerprint density at radius 1 is 1.17 bits per heavy atom. The van der Waals surface area contributed by atoms with Gasteiger partial charge in [0.1, 0.15) is 0 Å². The van der Waals surface area contributed by atoms with Crippen LogP contribution < -0.4 is 0 Å². The maximum atomic E-state index is 12.8. The number of amides is 2. The summed E-state index contributed by atoms with van der Waals surface area (Å²) in [5.74, 6) is 0.659. The van der Waals surface area contributed by atoms with Gasteiger partial charge in [0.2, 0.25) is 5.91 Å². The summed E-state index contributed by atoms with van der Waals surface area (Å²) in [4.78, 5) is 29.8. The van der Waals surface area contributed by atoms with Crippen LogP contribution >= 0.6 is 11.8 Å². The monoisotopic (exact) mass is 348 g/mol. The minimum Gasteiger partial charge on any atom is -0.342 e. The Kier molecular flexibility index (Phi) is 7.63. The normalized spacial score (nSPS) is 14.0. The molecule has 1 aromatic rings. The van der Waals surface area contributed by atoms with E-state index in [2.05, 4.69) is 6.92 Å². The number of rotatable bonds is 8. The molecule has 0 radical (unpaired) electrons. The van der Waals surface area contributed by atoms with Crippen LogP contribution in [0.25, 0.3) is 0 Å². The maximum absolute atomic E-state index is 12.8. The molecule has 0 spiro atoms. The Balaban J connectivity index is 2.03. The molecule has 5 heteroatoms. The van der Waals surface area contributed by atoms with Gasteiger partial charge in [0.15, 0.2) is 0 Å². The van der Waals surface area contributed by atoms with E-state index >= 15 is 0 Å². The van der Waals surface area contributed by atoms with Crippen molar-refractivity contribution in [1.29, 1.82) is 0 Å². The van der Waals surface area contributed by atoms with Crippen molar-refractivity contribution in [1.82, 2.24) is 9.80 Å². The second-order valence-corrected chi connectivity index (χ2v) is 7.13. The summed E-state index contributed by atoms with van der Waals surface area (Å²) in [5.41, 5.74) is 0.717. The van der Waals surface area contributed by atoms with Gasteiger partial charge in [0, 0.05) is 31.1 Å². The lowest BCUT2D eigenvalue weighted by atomic mass is 10.2. The SMILES string of the molecule is CCCCN(CC)C(=O)c1ccccc1SCC(=O)N1CCCC1. The van der Waals surface area contributed by atoms with E-state index in [1.165, 1.54) is 11.8 Å². The third kappa shape index (κ3) is 5.00. The van der Waals surface area contributed by atoms with Gasteiger partial charge < -0.3 is 9.80 Å². The summed E-state index contributed by atoms with van der Waals surface area (Å²) in [7, 11) is 0. The molecule has 0 atom stereocenters. The van der Waals surface area contributed by atoms with E-state index in [1.807, 2.05) is 41.0 Å². The van der Waals surface area contributed by atoms with Gasteiger partial charge in [-0.2, -0.15) is 0 Å². The second kappa shape index (κ2) is 9.72. The molecule has 24 heavy (non-hydrogen) atoms. The highest BCUT2D eigenvalue weighted by Gasteiger charge is 2.20. The third-order valence-corrected chi connectivity index (χ3v) is 5.44. The number of carbonyl (C=O) groups is 2. The molecule has 1 aliphatic rings. The van der Waals surface area contributed by atoms with Gasteiger partial charge in [0.25, 0.3) is 5.91 Å². The maximum Gasteiger partial charge on any atom is 0.254 e. The van der Waals surface area contributed by atoms with Crippen LogP contribution in [0, 0.1) is 0 Å². The number of nitrogens with zero attached hydrogens (tertiary/aromatic N) is 2. The molecule has 4 nitrogen and oxygen atoms in total. The zero-order chi connectivity index (χ0) is 17.4. The predicted octanol–water partition coefficient (Wildman–Crippen LogP) is 3.66. The van der Waals surface area contributed by atoms with Crippen LogP contribution in [0.5, 0.6) is 0 Å². The number of hydrogen-bond donors (Lipinski definition) is 0. The Labute approximate surface area is 149 Å². The van der Waals surface area contributed by atoms with E-state index < -0.39 is 0 Å². The molecule has 132 valence electrons. The first-order chi connectivity index (χ1) is 11.7. The first-order valence-corrected chi connectivity index (χ1v) is 9.94. The highest BCUT2D eigenvalue weighted by atomic mass is 32.2. The van der Waals surface area contributed by atoms with Crippen LogP contribution in [-0.2, 0) is 4.79 Å². The van der Waals surface area contributed by atoms with Crippen molar-refractivity contribution in [3.63, 3.8) is 0 Å². The van der Waals surface area contributed by atoms with E-state index in [-0.39, 0.29) is 11.8 Å². The lowest BCUT2D eigenvalue weighted by Gasteiger charge is -2.22. The van der Waals surface area contributed by atoms with E-state index in [1.54, 1.807) is 0 Å². The van der Waals surface area contributed by atoms with Crippen molar-refractivity contribution in [2.45, 2.75) is 44.4 Å². The van der Waals surface area contributed by atoms with Crippen LogP contribution in [0.15, 0.2) is 29.2 Å². The minimum atomic E-state index is 0.0719. The van der Waals surface area contributed by atoms with Gasteiger partial charge in [-0.15, -0.1) is 11.8 Å². The number of hydrogen-bond acceptors (Lipinski definition) is 3. The minimum absolute atomic E-state index is 0.0719. The van der Waals surface area contributed by atoms with Crippen molar-refractivity contribution < 1.29 is 9.59 Å². The average molecular weight is 349 g/mol. The van der Waals surface area contributed by atoms with Crippen LogP contribution in [0.2, 0.25) is 0 Å². The fraction of sp³-hybridized carbons (Fsp3) is 0.579. The Bertz CT molecular complexity index is 556. The lowest BCUT2D eigenvalue weighted by Crippen LogP contribution is -2.32. The lowest BCUT2D eigenvalue weighted by molar-refractivity contribution is -0.127. The van der Waals surface area contributed by atoms with Crippen molar-refractivity contribution in [3.8, 4) is 0 Å². The van der Waals surface area contributed by atoms with Gasteiger partial charge in [-0.25, -0.2) is 0 Å². The highest BCUT2D eigenvalue weighted by molar-refractivity contribution is 8.00. The molecule has 2 rings (SSSR count). The molecule has 2 amide bonds. The molecule has 0 saturated carbocycles. The molecule has 1 saturated heterocycles. The van der Waals surface area contributed by atoms with E-state index in [9.17, 15) is 9.59 Å². The van der Waals surface area contributed by atoms with Crippen LogP contribution in [-0.4, -0.2) is 53.5 Å². The van der Waals surface area contributed by atoms with Crippen LogP contribution in [0.3, 0.4) is 0 Å². The summed E-state index contributed by atoms with van der Waals surface area (Å²) < 4.78 is 0. The summed E-state index contributed by atoms with van der Waals surface area (Å²) in [6, 6.07) is 7.65. The van der Waals surface area contributed by atoms with Gasteiger partial charge >= 0.3 is 0 Å². The molecular weight excluding hydrogens is 320 g/mol. The van der Waals surface area contributed by atoms with Gasteiger partial charge in [-0.1, -0.05) is 25.5 Å². The van der Waals surface area contributed by atoms with Crippen molar-refractivity contribution in [2.24, 2.45) is 0 Å². The standard InChI is InChI=1S/C19H28N2O2S/c1-3-5-12-20(4-2)19(23)16-10-6-7-11-17(16)24-15-18(22)21-13-8-9-14-21/h6-7,10-11H,3-5,8-9,12-15H2,1-2H3. The van der Waals surface area contributed by atoms with E-state index in [0.717, 1.165) is 55.8 Å². The zero-order valence-electron chi connectivity index (χ0n) is 14.8. The predicted molar refractivity (Wildman–Crippen MR) is 99.5 cm³/mol. The summed E-state index contributed by atoms with van der Waals surface area (Å²) >= 11 is 1.48. The fourth-order valence-electron chi connectivity index (χ4n) is 2.89. The summed E-state index contributed by atoms with van der Waals surface area (Å²) in [6.45, 7) is 7.40. The Hall–Kier alpha value is -1.49. The third-order valence-electron chi connectivity index (χ3n) is 4.38. The Morgan fingerprint density at radius 2 is 1.88 bits per heavy atom. The van der Waals surface area contributed by atoms with Crippen molar-refractivity contribution in [2.75, 3.05) is 31.9 Å². The summed E-state index contributed by atoms with van der Waals surface area (Å²) in [5, 5.41) is 0. The number of benzene rings is 1. The largest absolute Gasteiger partial charge is 0.342 e. The smallest absolute Gasteiger partial charge is 0.254 e. The van der Waals surface area contributed by atoms with Crippen molar-refractivity contribution >= 4 is 23.6 Å². The topological polar surface area (TPSA) is 40.6 Å². The molecule has 0 aromatic heterocycles. The average Bonchev–Trinajstić information content (AvgIpc) is 3.15. The molecule has 0 bridgehead atoms. The van der Waals surface area contributed by atoms with Crippen LogP contribution in [0.4, 0.5) is 0 Å². The number of carbonyl (C=O) groups excluding carboxylic acids is 2. The Morgan fingerprint density at radius 3 is 2.54 bits per heavy atom. The van der Waals surface area contributed by atoms with Gasteiger partial charge in [-0.3, -0.25) is 9.59 Å². The number of likely N-dealkylation sites (tertiary alicyclic amines) is 1. The fourth-order valence-corrected chi connectivity index (χ4v) is 3.84. The quantitative estimate of drug-likeness (QED) is 0.673. The highest BCUT2D eigenvalue weighted by Crippen LogP contribution is 2.25. The molecule has 1 fully saturated rings.